The van der Waals surface area contributed by atoms with Gasteiger partial charge in [-0.25, -0.2) is 0 Å². The number of allylic oxidation sites excluding steroid dienone is 2. The lowest BCUT2D eigenvalue weighted by atomic mass is 9.94. The topological polar surface area (TPSA) is 50.4 Å². The summed E-state index contributed by atoms with van der Waals surface area (Å²) in [5.41, 5.74) is 5.69. The molecule has 1 rings (SSSR count). The van der Waals surface area contributed by atoms with Crippen LogP contribution in [0.1, 0.15) is 103 Å². The van der Waals surface area contributed by atoms with Crippen LogP contribution in [0.5, 0.6) is 0 Å². The zero-order valence-electron chi connectivity index (χ0n) is 17.5. The standard InChI is InChI=1S/C23H45N3/c1-2-3-4-5-6-7-8-9-10-11-12-13-14-15-17-22(18-16-19-24)23-25-20-21-26-23/h9-10,22H,2-8,11-21,24H2,1H3,(H,25,26). The molecule has 0 spiro atoms. The summed E-state index contributed by atoms with van der Waals surface area (Å²) in [4.78, 5) is 4.63. The fourth-order valence-electron chi connectivity index (χ4n) is 3.76. The third kappa shape index (κ3) is 12.5. The van der Waals surface area contributed by atoms with E-state index in [1.54, 1.807) is 0 Å². The number of hydrogen-bond donors (Lipinski definition) is 2. The van der Waals surface area contributed by atoms with E-state index in [9.17, 15) is 0 Å². The zero-order valence-corrected chi connectivity index (χ0v) is 17.5. The third-order valence-corrected chi connectivity index (χ3v) is 5.41. The number of nitrogens with one attached hydrogen (secondary N) is 1. The van der Waals surface area contributed by atoms with Gasteiger partial charge in [-0.15, -0.1) is 0 Å². The van der Waals surface area contributed by atoms with Gasteiger partial charge in [0.05, 0.1) is 12.4 Å². The van der Waals surface area contributed by atoms with Crippen molar-refractivity contribution >= 4 is 5.84 Å². The van der Waals surface area contributed by atoms with Crippen LogP contribution in [-0.2, 0) is 0 Å². The highest BCUT2D eigenvalue weighted by molar-refractivity contribution is 5.85. The van der Waals surface area contributed by atoms with Crippen molar-refractivity contribution in [3.05, 3.63) is 12.2 Å². The zero-order chi connectivity index (χ0) is 18.7. The van der Waals surface area contributed by atoms with Gasteiger partial charge in [-0.2, -0.15) is 0 Å². The van der Waals surface area contributed by atoms with Crippen molar-refractivity contribution in [1.29, 1.82) is 0 Å². The van der Waals surface area contributed by atoms with Crippen molar-refractivity contribution in [3.8, 4) is 0 Å². The molecular formula is C23H45N3. The van der Waals surface area contributed by atoms with Crippen LogP contribution in [0.2, 0.25) is 0 Å². The summed E-state index contributed by atoms with van der Waals surface area (Å²) in [6.07, 6.45) is 24.8. The molecule has 0 saturated heterocycles. The van der Waals surface area contributed by atoms with Gasteiger partial charge in [-0.3, -0.25) is 4.99 Å². The molecule has 0 saturated carbocycles. The van der Waals surface area contributed by atoms with E-state index in [0.717, 1.165) is 26.1 Å². The first-order valence-corrected chi connectivity index (χ1v) is 11.5. The summed E-state index contributed by atoms with van der Waals surface area (Å²) in [6, 6.07) is 0. The molecule has 1 heterocycles. The van der Waals surface area contributed by atoms with Crippen LogP contribution in [-0.4, -0.2) is 25.5 Å². The van der Waals surface area contributed by atoms with E-state index in [1.165, 1.54) is 95.7 Å². The van der Waals surface area contributed by atoms with Crippen molar-refractivity contribution in [2.45, 2.75) is 103 Å². The van der Waals surface area contributed by atoms with Crippen LogP contribution in [0.15, 0.2) is 17.1 Å². The number of nitrogens with zero attached hydrogens (tertiary/aromatic N) is 1. The number of rotatable bonds is 18. The molecule has 1 aliphatic heterocycles. The Kier molecular flexibility index (Phi) is 15.7. The number of aliphatic imine (C=N–C) groups is 1. The summed E-state index contributed by atoms with van der Waals surface area (Å²) in [5.74, 6) is 1.88. The van der Waals surface area contributed by atoms with Crippen molar-refractivity contribution in [3.63, 3.8) is 0 Å². The molecule has 0 radical (unpaired) electrons. The minimum Gasteiger partial charge on any atom is -0.372 e. The fourth-order valence-corrected chi connectivity index (χ4v) is 3.76. The Morgan fingerprint density at radius 1 is 0.885 bits per heavy atom. The second-order valence-electron chi connectivity index (χ2n) is 7.84. The average Bonchev–Trinajstić information content (AvgIpc) is 3.19. The Morgan fingerprint density at radius 3 is 2.12 bits per heavy atom. The van der Waals surface area contributed by atoms with Crippen molar-refractivity contribution in [1.82, 2.24) is 5.32 Å². The molecule has 0 fully saturated rings. The van der Waals surface area contributed by atoms with Gasteiger partial charge in [0.15, 0.2) is 0 Å². The van der Waals surface area contributed by atoms with Gasteiger partial charge in [-0.1, -0.05) is 70.4 Å². The summed E-state index contributed by atoms with van der Waals surface area (Å²) < 4.78 is 0. The number of unbranched alkanes of at least 4 members (excludes halogenated alkanes) is 10. The molecule has 0 aromatic rings. The Bertz CT molecular complexity index is 362. The third-order valence-electron chi connectivity index (χ3n) is 5.41. The average molecular weight is 364 g/mol. The van der Waals surface area contributed by atoms with E-state index >= 15 is 0 Å². The lowest BCUT2D eigenvalue weighted by Gasteiger charge is -2.17. The van der Waals surface area contributed by atoms with Crippen molar-refractivity contribution in [2.75, 3.05) is 19.6 Å². The predicted molar refractivity (Wildman–Crippen MR) is 117 cm³/mol. The summed E-state index contributed by atoms with van der Waals surface area (Å²) in [6.45, 7) is 5.07. The molecule has 1 atom stereocenters. The molecular weight excluding hydrogens is 318 g/mol. The molecule has 26 heavy (non-hydrogen) atoms. The van der Waals surface area contributed by atoms with E-state index in [-0.39, 0.29) is 0 Å². The maximum atomic E-state index is 5.69. The molecule has 0 bridgehead atoms. The number of nitrogens with two attached hydrogens (primary N) is 1. The predicted octanol–water partition coefficient (Wildman–Crippen LogP) is 5.99. The second kappa shape index (κ2) is 17.6. The molecule has 0 aromatic carbocycles. The van der Waals surface area contributed by atoms with E-state index in [4.69, 9.17) is 5.73 Å². The van der Waals surface area contributed by atoms with E-state index < -0.39 is 0 Å². The van der Waals surface area contributed by atoms with Gasteiger partial charge in [0, 0.05) is 12.5 Å². The van der Waals surface area contributed by atoms with Crippen LogP contribution in [0, 0.1) is 5.92 Å². The van der Waals surface area contributed by atoms with Gasteiger partial charge >= 0.3 is 0 Å². The highest BCUT2D eigenvalue weighted by atomic mass is 15.1. The fraction of sp³-hybridized carbons (Fsp3) is 0.870. The number of amidine groups is 1. The second-order valence-corrected chi connectivity index (χ2v) is 7.84. The molecule has 3 N–H and O–H groups in total. The molecule has 0 amide bonds. The summed E-state index contributed by atoms with van der Waals surface area (Å²) >= 11 is 0. The first-order valence-electron chi connectivity index (χ1n) is 11.5. The smallest absolute Gasteiger partial charge is 0.0995 e. The Hall–Kier alpha value is -0.830. The molecule has 3 heteroatoms. The largest absolute Gasteiger partial charge is 0.372 e. The van der Waals surface area contributed by atoms with E-state index in [0.29, 0.717) is 5.92 Å². The highest BCUT2D eigenvalue weighted by Gasteiger charge is 2.17. The molecule has 0 aliphatic carbocycles. The van der Waals surface area contributed by atoms with Gasteiger partial charge < -0.3 is 11.1 Å². The molecule has 3 nitrogen and oxygen atoms in total. The lowest BCUT2D eigenvalue weighted by molar-refractivity contribution is 0.503. The Balaban J connectivity index is 1.93. The molecule has 1 aliphatic rings. The highest BCUT2D eigenvalue weighted by Crippen LogP contribution is 2.19. The SMILES string of the molecule is CCCCCCCCC=CCCCCCCC(CCCN)C1=NCCN1. The monoisotopic (exact) mass is 363 g/mol. The maximum Gasteiger partial charge on any atom is 0.0995 e. The van der Waals surface area contributed by atoms with E-state index in [2.05, 4.69) is 29.4 Å². The van der Waals surface area contributed by atoms with Gasteiger partial charge in [0.1, 0.15) is 0 Å². The number of hydrogen-bond acceptors (Lipinski definition) is 3. The van der Waals surface area contributed by atoms with Gasteiger partial charge in [-0.05, 0) is 51.5 Å². The Morgan fingerprint density at radius 2 is 1.50 bits per heavy atom. The molecule has 0 aromatic heterocycles. The first kappa shape index (κ1) is 23.2. The maximum absolute atomic E-state index is 5.69. The molecule has 152 valence electrons. The minimum absolute atomic E-state index is 0.623. The minimum atomic E-state index is 0.623. The summed E-state index contributed by atoms with van der Waals surface area (Å²) in [7, 11) is 0. The van der Waals surface area contributed by atoms with Crippen LogP contribution in [0.25, 0.3) is 0 Å². The van der Waals surface area contributed by atoms with Crippen LogP contribution in [0.3, 0.4) is 0 Å². The van der Waals surface area contributed by atoms with Gasteiger partial charge in [0.2, 0.25) is 0 Å². The van der Waals surface area contributed by atoms with Crippen LogP contribution >= 0.6 is 0 Å². The molecule has 1 unspecified atom stereocenters. The van der Waals surface area contributed by atoms with Crippen LogP contribution < -0.4 is 11.1 Å². The normalized spacial score (nSPS) is 15.4. The first-order chi connectivity index (χ1) is 12.9. The van der Waals surface area contributed by atoms with Crippen LogP contribution in [0.4, 0.5) is 0 Å². The quantitative estimate of drug-likeness (QED) is 0.232. The van der Waals surface area contributed by atoms with Crippen molar-refractivity contribution < 1.29 is 0 Å². The Labute approximate surface area is 163 Å². The van der Waals surface area contributed by atoms with Crippen molar-refractivity contribution in [2.24, 2.45) is 16.6 Å². The lowest BCUT2D eigenvalue weighted by Crippen LogP contribution is -2.27. The summed E-state index contributed by atoms with van der Waals surface area (Å²) in [5, 5.41) is 3.47. The van der Waals surface area contributed by atoms with Gasteiger partial charge in [0.25, 0.3) is 0 Å². The van der Waals surface area contributed by atoms with E-state index in [1.807, 2.05) is 0 Å².